The molecule has 0 radical (unpaired) electrons. The molecule has 0 spiro atoms. The van der Waals surface area contributed by atoms with Crippen LogP contribution in [0.5, 0.6) is 5.06 Å². The molecule has 0 amide bonds. The maximum atomic E-state index is 9.61. The van der Waals surface area contributed by atoms with Crippen LogP contribution >= 0.6 is 27.3 Å². The van der Waals surface area contributed by atoms with Gasteiger partial charge in [-0.3, -0.25) is 0 Å². The van der Waals surface area contributed by atoms with Crippen molar-refractivity contribution in [2.75, 3.05) is 13.7 Å². The Hall–Kier alpha value is -0.100. The summed E-state index contributed by atoms with van der Waals surface area (Å²) in [5.74, 6) is 0. The van der Waals surface area contributed by atoms with E-state index in [2.05, 4.69) is 15.9 Å². The van der Waals surface area contributed by atoms with E-state index < -0.39 is 6.10 Å². The quantitative estimate of drug-likeness (QED) is 0.875. The summed E-state index contributed by atoms with van der Waals surface area (Å²) in [4.78, 5) is 0.883. The van der Waals surface area contributed by atoms with Crippen LogP contribution < -0.4 is 10.5 Å². The minimum Gasteiger partial charge on any atom is -0.486 e. The lowest BCUT2D eigenvalue weighted by Crippen LogP contribution is -2.05. The van der Waals surface area contributed by atoms with E-state index in [1.54, 1.807) is 7.11 Å². The summed E-state index contributed by atoms with van der Waals surface area (Å²) < 4.78 is 5.96. The summed E-state index contributed by atoms with van der Waals surface area (Å²) in [6.07, 6.45) is 0.103. The van der Waals surface area contributed by atoms with Gasteiger partial charge >= 0.3 is 0 Å². The van der Waals surface area contributed by atoms with E-state index in [1.807, 2.05) is 6.07 Å². The molecule has 0 saturated carbocycles. The first kappa shape index (κ1) is 11.0. The normalized spacial score (nSPS) is 12.9. The van der Waals surface area contributed by atoms with Crippen LogP contribution in [0, 0.1) is 0 Å². The van der Waals surface area contributed by atoms with Gasteiger partial charge in [0.15, 0.2) is 5.06 Å². The van der Waals surface area contributed by atoms with Gasteiger partial charge in [0.05, 0.1) is 17.7 Å². The van der Waals surface area contributed by atoms with Crippen molar-refractivity contribution in [2.45, 2.75) is 12.5 Å². The summed E-state index contributed by atoms with van der Waals surface area (Å²) >= 11 is 4.77. The van der Waals surface area contributed by atoms with Crippen LogP contribution in [0.15, 0.2) is 10.5 Å². The fourth-order valence-electron chi connectivity index (χ4n) is 0.973. The molecular formula is C8H12BrNO2S. The fraction of sp³-hybridized carbons (Fsp3) is 0.500. The van der Waals surface area contributed by atoms with Crippen molar-refractivity contribution in [3.05, 3.63) is 15.4 Å². The summed E-state index contributed by atoms with van der Waals surface area (Å²) in [6, 6.07) is 1.86. The molecule has 5 heteroatoms. The van der Waals surface area contributed by atoms with Gasteiger partial charge < -0.3 is 15.6 Å². The van der Waals surface area contributed by atoms with Gasteiger partial charge in [0.25, 0.3) is 0 Å². The van der Waals surface area contributed by atoms with Gasteiger partial charge in [0, 0.05) is 4.88 Å². The summed E-state index contributed by atoms with van der Waals surface area (Å²) in [5.41, 5.74) is 5.35. The molecule has 0 saturated heterocycles. The summed E-state index contributed by atoms with van der Waals surface area (Å²) in [6.45, 7) is 0.485. The van der Waals surface area contributed by atoms with Crippen LogP contribution in [0.4, 0.5) is 0 Å². The minimum atomic E-state index is -0.477. The molecule has 13 heavy (non-hydrogen) atoms. The highest BCUT2D eigenvalue weighted by atomic mass is 79.9. The lowest BCUT2D eigenvalue weighted by Gasteiger charge is -2.04. The highest BCUT2D eigenvalue weighted by Crippen LogP contribution is 2.38. The van der Waals surface area contributed by atoms with Crippen molar-refractivity contribution in [1.82, 2.24) is 0 Å². The SMILES string of the molecule is COc1sc([C@H](O)CCN)cc1Br. The predicted molar refractivity (Wildman–Crippen MR) is 57.2 cm³/mol. The van der Waals surface area contributed by atoms with Gasteiger partial charge in [-0.15, -0.1) is 11.3 Å². The van der Waals surface area contributed by atoms with E-state index in [4.69, 9.17) is 10.5 Å². The van der Waals surface area contributed by atoms with Crippen LogP contribution in [0.2, 0.25) is 0 Å². The molecule has 1 aromatic rings. The van der Waals surface area contributed by atoms with Crippen LogP contribution in [0.25, 0.3) is 0 Å². The zero-order chi connectivity index (χ0) is 9.84. The highest BCUT2D eigenvalue weighted by Gasteiger charge is 2.13. The zero-order valence-corrected chi connectivity index (χ0v) is 9.69. The van der Waals surface area contributed by atoms with Crippen LogP contribution in [0.1, 0.15) is 17.4 Å². The second kappa shape index (κ2) is 4.95. The molecular weight excluding hydrogens is 254 g/mol. The Balaban J connectivity index is 2.77. The number of methoxy groups -OCH3 is 1. The van der Waals surface area contributed by atoms with E-state index >= 15 is 0 Å². The Bertz CT molecular complexity index is 277. The number of hydrogen-bond donors (Lipinski definition) is 2. The second-order valence-corrected chi connectivity index (χ2v) is 4.48. The van der Waals surface area contributed by atoms with Crippen molar-refractivity contribution < 1.29 is 9.84 Å². The van der Waals surface area contributed by atoms with Crippen molar-refractivity contribution in [1.29, 1.82) is 0 Å². The van der Waals surface area contributed by atoms with Crippen LogP contribution in [0.3, 0.4) is 0 Å². The maximum Gasteiger partial charge on any atom is 0.188 e. The molecule has 74 valence electrons. The molecule has 3 nitrogen and oxygen atoms in total. The van der Waals surface area contributed by atoms with E-state index in [1.165, 1.54) is 11.3 Å². The van der Waals surface area contributed by atoms with E-state index in [0.717, 1.165) is 14.4 Å². The molecule has 0 aliphatic carbocycles. The molecule has 0 aliphatic heterocycles. The lowest BCUT2D eigenvalue weighted by molar-refractivity contribution is 0.174. The summed E-state index contributed by atoms with van der Waals surface area (Å²) in [7, 11) is 1.61. The third-order valence-electron chi connectivity index (χ3n) is 1.63. The third kappa shape index (κ3) is 2.67. The molecule has 0 aliphatic rings. The Morgan fingerprint density at radius 2 is 2.46 bits per heavy atom. The van der Waals surface area contributed by atoms with Gasteiger partial charge in [-0.05, 0) is 35.0 Å². The Labute approximate surface area is 89.6 Å². The number of thiophene rings is 1. The standard InChI is InChI=1S/C8H12BrNO2S/c1-12-8-5(9)4-7(13-8)6(11)2-3-10/h4,6,11H,2-3,10H2,1H3/t6-/m1/s1. The molecule has 1 heterocycles. The Kier molecular flexibility index (Phi) is 4.18. The van der Waals surface area contributed by atoms with E-state index in [-0.39, 0.29) is 0 Å². The first-order valence-corrected chi connectivity index (χ1v) is 5.51. The number of hydrogen-bond acceptors (Lipinski definition) is 4. The number of ether oxygens (including phenoxy) is 1. The Morgan fingerprint density at radius 1 is 1.77 bits per heavy atom. The molecule has 0 fully saturated rings. The lowest BCUT2D eigenvalue weighted by atomic mass is 10.2. The molecule has 0 bridgehead atoms. The third-order valence-corrected chi connectivity index (χ3v) is 3.68. The number of aliphatic hydroxyl groups excluding tert-OH is 1. The topological polar surface area (TPSA) is 55.5 Å². The molecule has 1 atom stereocenters. The maximum absolute atomic E-state index is 9.61. The molecule has 3 N–H and O–H groups in total. The molecule has 0 unspecified atom stereocenters. The number of halogens is 1. The van der Waals surface area contributed by atoms with Crippen molar-refractivity contribution in [3.8, 4) is 5.06 Å². The van der Waals surface area contributed by atoms with Crippen LogP contribution in [-0.2, 0) is 0 Å². The molecule has 1 aromatic heterocycles. The second-order valence-electron chi connectivity index (χ2n) is 2.58. The average Bonchev–Trinajstić information content (AvgIpc) is 2.47. The monoisotopic (exact) mass is 265 g/mol. The van der Waals surface area contributed by atoms with E-state index in [9.17, 15) is 5.11 Å². The molecule has 1 rings (SSSR count). The predicted octanol–water partition coefficient (Wildman–Crippen LogP) is 1.90. The number of aliphatic hydroxyl groups is 1. The highest BCUT2D eigenvalue weighted by molar-refractivity contribution is 9.10. The van der Waals surface area contributed by atoms with Gasteiger partial charge in [-0.1, -0.05) is 0 Å². The number of nitrogens with two attached hydrogens (primary N) is 1. The van der Waals surface area contributed by atoms with E-state index in [0.29, 0.717) is 13.0 Å². The number of rotatable bonds is 4. The van der Waals surface area contributed by atoms with Gasteiger partial charge in [-0.25, -0.2) is 0 Å². The van der Waals surface area contributed by atoms with Crippen molar-refractivity contribution in [3.63, 3.8) is 0 Å². The zero-order valence-electron chi connectivity index (χ0n) is 7.29. The first-order chi connectivity index (χ1) is 6.19. The van der Waals surface area contributed by atoms with Crippen molar-refractivity contribution >= 4 is 27.3 Å². The van der Waals surface area contributed by atoms with Gasteiger partial charge in [0.1, 0.15) is 0 Å². The largest absolute Gasteiger partial charge is 0.486 e. The van der Waals surface area contributed by atoms with Gasteiger partial charge in [0.2, 0.25) is 0 Å². The Morgan fingerprint density at radius 3 is 2.92 bits per heavy atom. The fourth-order valence-corrected chi connectivity index (χ4v) is 2.66. The average molecular weight is 266 g/mol. The van der Waals surface area contributed by atoms with Gasteiger partial charge in [-0.2, -0.15) is 0 Å². The summed E-state index contributed by atoms with van der Waals surface area (Å²) in [5, 5.41) is 10.4. The first-order valence-electron chi connectivity index (χ1n) is 3.90. The van der Waals surface area contributed by atoms with Crippen LogP contribution in [-0.4, -0.2) is 18.8 Å². The minimum absolute atomic E-state index is 0.477. The smallest absolute Gasteiger partial charge is 0.188 e. The van der Waals surface area contributed by atoms with Crippen molar-refractivity contribution in [2.24, 2.45) is 5.73 Å². The molecule has 0 aromatic carbocycles.